The smallest absolute Gasteiger partial charge is 0.306 e. The van der Waals surface area contributed by atoms with Gasteiger partial charge in [-0.2, -0.15) is 0 Å². The fourth-order valence-corrected chi connectivity index (χ4v) is 5.31. The molecule has 2 fully saturated rings. The third-order valence-electron chi connectivity index (χ3n) is 7.12. The first-order valence-corrected chi connectivity index (χ1v) is 12.1. The first-order chi connectivity index (χ1) is 16.1. The van der Waals surface area contributed by atoms with Crippen molar-refractivity contribution in [1.82, 2.24) is 14.5 Å². The second-order valence-electron chi connectivity index (χ2n) is 9.44. The number of anilines is 2. The first-order valence-electron chi connectivity index (χ1n) is 12.1. The quantitative estimate of drug-likeness (QED) is 0.437. The molecule has 2 heterocycles. The van der Waals surface area contributed by atoms with Crippen LogP contribution in [0, 0.1) is 11.7 Å². The summed E-state index contributed by atoms with van der Waals surface area (Å²) in [6.45, 7) is 3.23. The van der Waals surface area contributed by atoms with Gasteiger partial charge in [-0.15, -0.1) is 12.4 Å². The number of nitrogens with zero attached hydrogens (tertiary/aromatic N) is 3. The molecule has 0 unspecified atom stereocenters. The summed E-state index contributed by atoms with van der Waals surface area (Å²) in [6.07, 6.45) is 6.79. The minimum Gasteiger partial charge on any atom is -0.481 e. The molecule has 6 nitrogen and oxygen atoms in total. The molecule has 1 aromatic heterocycles. The Labute approximate surface area is 205 Å². The monoisotopic (exact) mass is 486 g/mol. The van der Waals surface area contributed by atoms with Crippen LogP contribution in [0.2, 0.25) is 0 Å². The highest BCUT2D eigenvalue weighted by atomic mass is 35.5. The molecule has 182 valence electrons. The summed E-state index contributed by atoms with van der Waals surface area (Å²) < 4.78 is 15.6. The van der Waals surface area contributed by atoms with E-state index in [2.05, 4.69) is 33.0 Å². The maximum Gasteiger partial charge on any atom is 0.306 e. The van der Waals surface area contributed by atoms with Gasteiger partial charge in [-0.3, -0.25) is 9.69 Å². The maximum absolute atomic E-state index is 13.4. The molecular weight excluding hydrogens is 455 g/mol. The summed E-state index contributed by atoms with van der Waals surface area (Å²) in [5.41, 5.74) is 4.05. The molecule has 1 saturated carbocycles. The number of hydrogen-bond acceptors (Lipinski definition) is 4. The normalized spacial score (nSPS) is 21.2. The largest absolute Gasteiger partial charge is 0.481 e. The number of carboxylic acids is 1. The van der Waals surface area contributed by atoms with Crippen LogP contribution in [0.4, 0.5) is 16.0 Å². The van der Waals surface area contributed by atoms with Crippen molar-refractivity contribution < 1.29 is 14.3 Å². The number of halogens is 2. The molecule has 1 saturated heterocycles. The number of hydrogen-bond donors (Lipinski definition) is 2. The highest BCUT2D eigenvalue weighted by molar-refractivity contribution is 5.85. The van der Waals surface area contributed by atoms with Gasteiger partial charge in [-0.05, 0) is 93.6 Å². The minimum absolute atomic E-state index is 0. The van der Waals surface area contributed by atoms with Gasteiger partial charge in [0.1, 0.15) is 5.82 Å². The first kappa shape index (κ1) is 24.5. The topological polar surface area (TPSA) is 70.4 Å². The van der Waals surface area contributed by atoms with Crippen molar-refractivity contribution in [3.8, 4) is 0 Å². The zero-order valence-electron chi connectivity index (χ0n) is 19.3. The Hall–Kier alpha value is -2.64. The summed E-state index contributed by atoms with van der Waals surface area (Å²) in [5.74, 6) is -0.509. The number of benzene rings is 2. The third-order valence-corrected chi connectivity index (χ3v) is 7.12. The number of piperidine rings is 1. The molecule has 0 amide bonds. The van der Waals surface area contributed by atoms with E-state index in [-0.39, 0.29) is 30.2 Å². The van der Waals surface area contributed by atoms with Gasteiger partial charge in [0.05, 0.1) is 17.0 Å². The van der Waals surface area contributed by atoms with E-state index in [0.717, 1.165) is 55.1 Å². The van der Waals surface area contributed by atoms with Crippen LogP contribution < -0.4 is 5.32 Å². The summed E-state index contributed by atoms with van der Waals surface area (Å²) in [7, 11) is 0. The minimum atomic E-state index is -0.697. The number of aromatic nitrogens is 2. The highest BCUT2D eigenvalue weighted by Gasteiger charge is 2.29. The fourth-order valence-electron chi connectivity index (χ4n) is 5.31. The van der Waals surface area contributed by atoms with Gasteiger partial charge in [0.15, 0.2) is 0 Å². The van der Waals surface area contributed by atoms with E-state index in [1.807, 2.05) is 0 Å². The standard InChI is InChI=1S/C26H31FN4O2.ClH/c27-20-7-9-21(10-8-20)28-26-29-23-13-4-18(17-30-14-2-1-3-15-30)16-24(23)31(26)22-11-5-19(6-12-22)25(32)33;/h4,7-10,13,16,19,22H,1-3,5-6,11-12,14-15,17H2,(H,28,29)(H,32,33);1H. The van der Waals surface area contributed by atoms with Gasteiger partial charge < -0.3 is 15.0 Å². The number of nitrogens with one attached hydrogen (secondary N) is 1. The van der Waals surface area contributed by atoms with Crippen LogP contribution in [0.3, 0.4) is 0 Å². The molecule has 2 aromatic carbocycles. The van der Waals surface area contributed by atoms with Crippen molar-refractivity contribution >= 4 is 41.0 Å². The molecule has 3 aromatic rings. The van der Waals surface area contributed by atoms with E-state index in [4.69, 9.17) is 4.98 Å². The van der Waals surface area contributed by atoms with E-state index in [0.29, 0.717) is 12.8 Å². The number of fused-ring (bicyclic) bond motifs is 1. The van der Waals surface area contributed by atoms with Crippen molar-refractivity contribution in [2.24, 2.45) is 5.92 Å². The van der Waals surface area contributed by atoms with Gasteiger partial charge in [0.2, 0.25) is 5.95 Å². The predicted molar refractivity (Wildman–Crippen MR) is 134 cm³/mol. The fraction of sp³-hybridized carbons (Fsp3) is 0.462. The Kier molecular flexibility index (Phi) is 7.73. The summed E-state index contributed by atoms with van der Waals surface area (Å²) >= 11 is 0. The lowest BCUT2D eigenvalue weighted by Crippen LogP contribution is -2.29. The molecule has 5 rings (SSSR count). The predicted octanol–water partition coefficient (Wildman–Crippen LogP) is 6.14. The molecule has 8 heteroatoms. The second kappa shape index (κ2) is 10.7. The zero-order valence-corrected chi connectivity index (χ0v) is 20.1. The molecular formula is C26H32ClFN4O2. The molecule has 0 bridgehead atoms. The van der Waals surface area contributed by atoms with Crippen LogP contribution in [-0.2, 0) is 11.3 Å². The van der Waals surface area contributed by atoms with Crippen LogP contribution in [0.25, 0.3) is 11.0 Å². The second-order valence-corrected chi connectivity index (χ2v) is 9.44. The van der Waals surface area contributed by atoms with Crippen molar-refractivity contribution in [2.75, 3.05) is 18.4 Å². The van der Waals surface area contributed by atoms with Crippen LogP contribution in [-0.4, -0.2) is 38.6 Å². The average Bonchev–Trinajstić information content (AvgIpc) is 3.18. The van der Waals surface area contributed by atoms with Gasteiger partial charge in [0, 0.05) is 18.3 Å². The Morgan fingerprint density at radius 3 is 2.41 bits per heavy atom. The number of aliphatic carboxylic acids is 1. The molecule has 0 spiro atoms. The molecule has 2 aliphatic rings. The lowest BCUT2D eigenvalue weighted by atomic mass is 9.86. The molecule has 0 radical (unpaired) electrons. The number of likely N-dealkylation sites (tertiary alicyclic amines) is 1. The van der Waals surface area contributed by atoms with Crippen molar-refractivity contribution in [1.29, 1.82) is 0 Å². The van der Waals surface area contributed by atoms with E-state index in [9.17, 15) is 14.3 Å². The lowest BCUT2D eigenvalue weighted by molar-refractivity contribution is -0.143. The Balaban J connectivity index is 0.00000274. The Bertz CT molecular complexity index is 1120. The van der Waals surface area contributed by atoms with E-state index in [1.54, 1.807) is 12.1 Å². The van der Waals surface area contributed by atoms with E-state index >= 15 is 0 Å². The van der Waals surface area contributed by atoms with Crippen LogP contribution >= 0.6 is 12.4 Å². The van der Waals surface area contributed by atoms with Crippen molar-refractivity contribution in [3.63, 3.8) is 0 Å². The van der Waals surface area contributed by atoms with Crippen molar-refractivity contribution in [2.45, 2.75) is 57.5 Å². The summed E-state index contributed by atoms with van der Waals surface area (Å²) in [6, 6.07) is 13.0. The molecule has 1 aliphatic heterocycles. The maximum atomic E-state index is 13.4. The van der Waals surface area contributed by atoms with Gasteiger partial charge in [-0.25, -0.2) is 9.37 Å². The Morgan fingerprint density at radius 1 is 1.03 bits per heavy atom. The zero-order chi connectivity index (χ0) is 22.8. The summed E-state index contributed by atoms with van der Waals surface area (Å²) in [4.78, 5) is 18.9. The van der Waals surface area contributed by atoms with Gasteiger partial charge in [0.25, 0.3) is 0 Å². The number of carboxylic acid groups (broad SMARTS) is 1. The molecule has 0 atom stereocenters. The third kappa shape index (κ3) is 5.36. The van der Waals surface area contributed by atoms with Gasteiger partial charge in [-0.1, -0.05) is 12.5 Å². The lowest BCUT2D eigenvalue weighted by Gasteiger charge is -2.29. The van der Waals surface area contributed by atoms with Crippen molar-refractivity contribution in [3.05, 3.63) is 53.8 Å². The SMILES string of the molecule is Cl.O=C(O)C1CCC(n2c(Nc3ccc(F)cc3)nc3ccc(CN4CCCCC4)cc32)CC1. The van der Waals surface area contributed by atoms with Crippen LogP contribution in [0.15, 0.2) is 42.5 Å². The molecule has 1 aliphatic carbocycles. The number of carbonyl (C=O) groups is 1. The average molecular weight is 487 g/mol. The van der Waals surface area contributed by atoms with E-state index < -0.39 is 5.97 Å². The highest BCUT2D eigenvalue weighted by Crippen LogP contribution is 2.38. The van der Waals surface area contributed by atoms with Gasteiger partial charge >= 0.3 is 5.97 Å². The molecule has 2 N–H and O–H groups in total. The van der Waals surface area contributed by atoms with E-state index in [1.165, 1.54) is 37.0 Å². The van der Waals surface area contributed by atoms with Crippen LogP contribution in [0.5, 0.6) is 0 Å². The number of imidazole rings is 1. The number of rotatable bonds is 6. The van der Waals surface area contributed by atoms with Crippen LogP contribution in [0.1, 0.15) is 56.6 Å². The summed E-state index contributed by atoms with van der Waals surface area (Å²) in [5, 5.41) is 12.8. The Morgan fingerprint density at radius 2 is 1.74 bits per heavy atom. The molecule has 34 heavy (non-hydrogen) atoms.